The third-order valence-corrected chi connectivity index (χ3v) is 3.79. The average Bonchev–Trinajstić information content (AvgIpc) is 2.56. The van der Waals surface area contributed by atoms with Gasteiger partial charge >= 0.3 is 0 Å². The largest absolute Gasteiger partial charge is 0.335 e. The lowest BCUT2D eigenvalue weighted by Gasteiger charge is -2.27. The van der Waals surface area contributed by atoms with Crippen molar-refractivity contribution < 1.29 is 9.18 Å². The Balaban J connectivity index is 0.00000208. The van der Waals surface area contributed by atoms with Crippen LogP contribution in [0.5, 0.6) is 0 Å². The molecule has 0 bridgehead atoms. The van der Waals surface area contributed by atoms with Gasteiger partial charge in [-0.1, -0.05) is 12.1 Å². The van der Waals surface area contributed by atoms with E-state index < -0.39 is 17.2 Å². The molecule has 1 N–H and O–H groups in total. The van der Waals surface area contributed by atoms with Gasteiger partial charge in [-0.2, -0.15) is 5.10 Å². The van der Waals surface area contributed by atoms with Gasteiger partial charge in [-0.25, -0.2) is 9.07 Å². The fourth-order valence-electron chi connectivity index (χ4n) is 2.58. The third-order valence-electron chi connectivity index (χ3n) is 3.79. The molecule has 128 valence electrons. The normalized spacial score (nSPS) is 14.2. The van der Waals surface area contributed by atoms with E-state index in [1.54, 1.807) is 30.0 Å². The summed E-state index contributed by atoms with van der Waals surface area (Å²) in [6, 6.07) is 7.43. The standard InChI is InChI=1S/C16H17FN4O2.ClH/c1-11-10-14(22)15(16(23)20-8-6-18-7-9-20)19-21(11)13-5-3-2-4-12(13)17;/h2-5,10,18H,6-9H2,1H3;1H. The predicted molar refractivity (Wildman–Crippen MR) is 90.6 cm³/mol. The summed E-state index contributed by atoms with van der Waals surface area (Å²) in [5, 5.41) is 7.27. The van der Waals surface area contributed by atoms with Gasteiger partial charge in [0, 0.05) is 37.9 Å². The lowest BCUT2D eigenvalue weighted by Crippen LogP contribution is -2.48. The molecule has 0 spiro atoms. The average molecular weight is 353 g/mol. The number of rotatable bonds is 2. The minimum absolute atomic E-state index is 0. The van der Waals surface area contributed by atoms with Crippen LogP contribution in [0.3, 0.4) is 0 Å². The molecule has 0 saturated carbocycles. The first-order valence-electron chi connectivity index (χ1n) is 7.44. The van der Waals surface area contributed by atoms with E-state index in [9.17, 15) is 14.0 Å². The Morgan fingerprint density at radius 3 is 2.58 bits per heavy atom. The summed E-state index contributed by atoms with van der Waals surface area (Å²) in [5.74, 6) is -0.881. The third kappa shape index (κ3) is 3.47. The molecule has 1 aliphatic rings. The number of aromatic nitrogens is 2. The number of nitrogens with zero attached hydrogens (tertiary/aromatic N) is 3. The van der Waals surface area contributed by atoms with Crippen molar-refractivity contribution >= 4 is 18.3 Å². The van der Waals surface area contributed by atoms with Crippen molar-refractivity contribution in [1.29, 1.82) is 0 Å². The van der Waals surface area contributed by atoms with E-state index in [4.69, 9.17) is 0 Å². The summed E-state index contributed by atoms with van der Waals surface area (Å²) in [5.41, 5.74) is 0.0516. The quantitative estimate of drug-likeness (QED) is 0.880. The molecule has 24 heavy (non-hydrogen) atoms. The van der Waals surface area contributed by atoms with Gasteiger partial charge in [-0.05, 0) is 19.1 Å². The van der Waals surface area contributed by atoms with E-state index >= 15 is 0 Å². The Hall–Kier alpha value is -2.25. The van der Waals surface area contributed by atoms with Crippen molar-refractivity contribution in [3.63, 3.8) is 0 Å². The lowest BCUT2D eigenvalue weighted by atomic mass is 10.2. The molecule has 1 aliphatic heterocycles. The fraction of sp³-hybridized carbons (Fsp3) is 0.312. The van der Waals surface area contributed by atoms with Crippen molar-refractivity contribution in [2.75, 3.05) is 26.2 Å². The summed E-state index contributed by atoms with van der Waals surface area (Å²) in [4.78, 5) is 26.3. The first-order valence-corrected chi connectivity index (χ1v) is 7.44. The van der Waals surface area contributed by atoms with Gasteiger partial charge in [-0.15, -0.1) is 12.4 Å². The molecule has 0 unspecified atom stereocenters. The molecule has 1 aromatic carbocycles. The number of aryl methyl sites for hydroxylation is 1. The number of piperazine rings is 1. The molecule has 1 amide bonds. The molecule has 0 atom stereocenters. The lowest BCUT2D eigenvalue weighted by molar-refractivity contribution is 0.0726. The fourth-order valence-corrected chi connectivity index (χ4v) is 2.58. The van der Waals surface area contributed by atoms with Crippen molar-refractivity contribution in [2.45, 2.75) is 6.92 Å². The maximum atomic E-state index is 14.0. The number of carbonyl (C=O) groups excluding carboxylic acids is 1. The van der Waals surface area contributed by atoms with Crippen LogP contribution in [0.15, 0.2) is 35.1 Å². The minimum atomic E-state index is -0.465. The van der Waals surface area contributed by atoms with Gasteiger partial charge < -0.3 is 10.2 Å². The molecular weight excluding hydrogens is 335 g/mol. The van der Waals surface area contributed by atoms with Crippen LogP contribution in [0.2, 0.25) is 0 Å². The number of halogens is 2. The van der Waals surface area contributed by atoms with Crippen molar-refractivity contribution in [3.05, 3.63) is 57.8 Å². The highest BCUT2D eigenvalue weighted by molar-refractivity contribution is 5.92. The molecule has 1 fully saturated rings. The van der Waals surface area contributed by atoms with Crippen molar-refractivity contribution in [2.24, 2.45) is 0 Å². The highest BCUT2D eigenvalue weighted by atomic mass is 35.5. The molecule has 1 aromatic heterocycles. The Bertz CT molecular complexity index is 803. The summed E-state index contributed by atoms with van der Waals surface area (Å²) < 4.78 is 15.3. The Labute approximate surface area is 144 Å². The molecule has 8 heteroatoms. The zero-order chi connectivity index (χ0) is 16.4. The maximum Gasteiger partial charge on any atom is 0.278 e. The van der Waals surface area contributed by atoms with Crippen LogP contribution in [0.25, 0.3) is 5.69 Å². The summed E-state index contributed by atoms with van der Waals surface area (Å²) in [6.07, 6.45) is 0. The summed E-state index contributed by atoms with van der Waals surface area (Å²) >= 11 is 0. The zero-order valence-corrected chi connectivity index (χ0v) is 14.0. The second-order valence-corrected chi connectivity index (χ2v) is 5.40. The monoisotopic (exact) mass is 352 g/mol. The Kier molecular flexibility index (Phi) is 5.69. The second kappa shape index (κ2) is 7.55. The molecular formula is C16H18ClFN4O2. The number of hydrogen-bond donors (Lipinski definition) is 1. The van der Waals surface area contributed by atoms with Gasteiger partial charge in [0.2, 0.25) is 5.43 Å². The Morgan fingerprint density at radius 2 is 1.92 bits per heavy atom. The van der Waals surface area contributed by atoms with Crippen LogP contribution in [0.4, 0.5) is 4.39 Å². The highest BCUT2D eigenvalue weighted by Crippen LogP contribution is 2.13. The first kappa shape index (κ1) is 18.1. The molecule has 2 heterocycles. The van der Waals surface area contributed by atoms with E-state index in [1.165, 1.54) is 16.8 Å². The van der Waals surface area contributed by atoms with Gasteiger partial charge in [0.15, 0.2) is 5.69 Å². The number of nitrogens with one attached hydrogen (secondary N) is 1. The molecule has 2 aromatic rings. The van der Waals surface area contributed by atoms with E-state index in [0.717, 1.165) is 0 Å². The van der Waals surface area contributed by atoms with Crippen molar-refractivity contribution in [3.8, 4) is 5.69 Å². The van der Waals surface area contributed by atoms with Crippen LogP contribution in [0.1, 0.15) is 16.2 Å². The van der Waals surface area contributed by atoms with Gasteiger partial charge in [-0.3, -0.25) is 9.59 Å². The summed E-state index contributed by atoms with van der Waals surface area (Å²) in [6.45, 7) is 4.05. The number of hydrogen-bond acceptors (Lipinski definition) is 4. The minimum Gasteiger partial charge on any atom is -0.335 e. The van der Waals surface area contributed by atoms with Crippen LogP contribution in [0, 0.1) is 12.7 Å². The van der Waals surface area contributed by atoms with E-state index in [1.807, 2.05) is 0 Å². The van der Waals surface area contributed by atoms with Crippen LogP contribution < -0.4 is 10.7 Å². The first-order chi connectivity index (χ1) is 11.1. The summed E-state index contributed by atoms with van der Waals surface area (Å²) in [7, 11) is 0. The maximum absolute atomic E-state index is 14.0. The zero-order valence-electron chi connectivity index (χ0n) is 13.2. The van der Waals surface area contributed by atoms with Gasteiger partial charge in [0.25, 0.3) is 5.91 Å². The number of para-hydroxylation sites is 1. The van der Waals surface area contributed by atoms with Crippen LogP contribution >= 0.6 is 12.4 Å². The number of benzene rings is 1. The predicted octanol–water partition coefficient (Wildman–Crippen LogP) is 1.15. The smallest absolute Gasteiger partial charge is 0.278 e. The van der Waals surface area contributed by atoms with E-state index in [-0.39, 0.29) is 23.8 Å². The van der Waals surface area contributed by atoms with E-state index in [2.05, 4.69) is 10.4 Å². The molecule has 1 saturated heterocycles. The number of carbonyl (C=O) groups is 1. The van der Waals surface area contributed by atoms with Crippen LogP contribution in [-0.2, 0) is 0 Å². The van der Waals surface area contributed by atoms with Gasteiger partial charge in [0.1, 0.15) is 11.5 Å². The topological polar surface area (TPSA) is 67.2 Å². The number of amides is 1. The second-order valence-electron chi connectivity index (χ2n) is 5.40. The van der Waals surface area contributed by atoms with Crippen LogP contribution in [-0.4, -0.2) is 46.8 Å². The van der Waals surface area contributed by atoms with Crippen molar-refractivity contribution in [1.82, 2.24) is 20.0 Å². The molecule has 0 radical (unpaired) electrons. The SMILES string of the molecule is Cc1cc(=O)c(C(=O)N2CCNCC2)nn1-c1ccccc1F.Cl. The molecule has 6 nitrogen and oxygen atoms in total. The van der Waals surface area contributed by atoms with E-state index in [0.29, 0.717) is 31.9 Å². The Morgan fingerprint density at radius 1 is 1.25 bits per heavy atom. The highest BCUT2D eigenvalue weighted by Gasteiger charge is 2.23. The molecule has 3 rings (SSSR count). The van der Waals surface area contributed by atoms with Gasteiger partial charge in [0.05, 0.1) is 0 Å². The molecule has 0 aliphatic carbocycles.